The molecular formula is C16H17NO4. The number of carbonyl (C=O) groups is 1. The third kappa shape index (κ3) is 2.13. The van der Waals surface area contributed by atoms with E-state index in [9.17, 15) is 9.90 Å². The second kappa shape index (κ2) is 4.86. The minimum absolute atomic E-state index is 0.266. The molecule has 2 aliphatic rings. The number of para-hydroxylation sites is 1. The van der Waals surface area contributed by atoms with Gasteiger partial charge in [-0.05, 0) is 25.3 Å². The van der Waals surface area contributed by atoms with Crippen LogP contribution in [0.25, 0.3) is 11.0 Å². The lowest BCUT2D eigenvalue weighted by Gasteiger charge is -2.19. The SMILES string of the molecule is O=C(O)c1c(CNC2CC3CCC2O3)oc2ccccc12. The van der Waals surface area contributed by atoms with Crippen LogP contribution in [0.15, 0.2) is 28.7 Å². The van der Waals surface area contributed by atoms with E-state index < -0.39 is 5.97 Å². The summed E-state index contributed by atoms with van der Waals surface area (Å²) in [6, 6.07) is 7.56. The number of hydrogen-bond acceptors (Lipinski definition) is 4. The Morgan fingerprint density at radius 1 is 1.33 bits per heavy atom. The Morgan fingerprint density at radius 3 is 2.90 bits per heavy atom. The van der Waals surface area contributed by atoms with Crippen LogP contribution in [0.3, 0.4) is 0 Å². The first-order valence-corrected chi connectivity index (χ1v) is 7.35. The number of benzene rings is 1. The highest BCUT2D eigenvalue weighted by Crippen LogP contribution is 2.34. The number of carboxylic acid groups (broad SMARTS) is 1. The van der Waals surface area contributed by atoms with Crippen molar-refractivity contribution in [2.75, 3.05) is 0 Å². The third-order valence-electron chi connectivity index (χ3n) is 4.51. The van der Waals surface area contributed by atoms with Gasteiger partial charge in [0, 0.05) is 11.4 Å². The number of rotatable bonds is 4. The third-order valence-corrected chi connectivity index (χ3v) is 4.51. The fourth-order valence-electron chi connectivity index (χ4n) is 3.53. The monoisotopic (exact) mass is 287 g/mol. The fourth-order valence-corrected chi connectivity index (χ4v) is 3.53. The zero-order chi connectivity index (χ0) is 14.4. The van der Waals surface area contributed by atoms with Crippen LogP contribution in [-0.2, 0) is 11.3 Å². The van der Waals surface area contributed by atoms with Crippen LogP contribution in [0, 0.1) is 0 Å². The van der Waals surface area contributed by atoms with Crippen LogP contribution >= 0.6 is 0 Å². The molecule has 3 atom stereocenters. The molecule has 2 aromatic rings. The summed E-state index contributed by atoms with van der Waals surface area (Å²) in [6.45, 7) is 0.424. The van der Waals surface area contributed by atoms with Crippen molar-refractivity contribution < 1.29 is 19.1 Å². The average molecular weight is 287 g/mol. The molecule has 2 N–H and O–H groups in total. The average Bonchev–Trinajstić information content (AvgIpc) is 3.17. The predicted octanol–water partition coefficient (Wildman–Crippen LogP) is 2.54. The van der Waals surface area contributed by atoms with E-state index in [4.69, 9.17) is 9.15 Å². The maximum Gasteiger partial charge on any atom is 0.339 e. The molecule has 0 radical (unpaired) electrons. The Morgan fingerprint density at radius 2 is 2.19 bits per heavy atom. The molecule has 0 aliphatic carbocycles. The smallest absolute Gasteiger partial charge is 0.339 e. The first kappa shape index (κ1) is 12.9. The van der Waals surface area contributed by atoms with Gasteiger partial charge in [-0.15, -0.1) is 0 Å². The van der Waals surface area contributed by atoms with Crippen LogP contribution in [0.5, 0.6) is 0 Å². The molecule has 5 heteroatoms. The largest absolute Gasteiger partial charge is 0.478 e. The van der Waals surface area contributed by atoms with E-state index in [0.29, 0.717) is 35.4 Å². The van der Waals surface area contributed by atoms with Gasteiger partial charge in [0.25, 0.3) is 0 Å². The molecule has 0 saturated carbocycles. The highest BCUT2D eigenvalue weighted by molar-refractivity contribution is 6.03. The van der Waals surface area contributed by atoms with Gasteiger partial charge in [-0.2, -0.15) is 0 Å². The van der Waals surface area contributed by atoms with Crippen LogP contribution in [0.1, 0.15) is 35.4 Å². The van der Waals surface area contributed by atoms with Gasteiger partial charge in [-0.3, -0.25) is 0 Å². The summed E-state index contributed by atoms with van der Waals surface area (Å²) in [5, 5.41) is 13.5. The van der Waals surface area contributed by atoms with Crippen molar-refractivity contribution in [2.24, 2.45) is 0 Å². The van der Waals surface area contributed by atoms with Crippen molar-refractivity contribution in [3.63, 3.8) is 0 Å². The molecule has 1 aromatic carbocycles. The Kier molecular flexibility index (Phi) is 2.97. The lowest BCUT2D eigenvalue weighted by Crippen LogP contribution is -2.37. The van der Waals surface area contributed by atoms with E-state index in [2.05, 4.69) is 5.32 Å². The van der Waals surface area contributed by atoms with Crippen molar-refractivity contribution in [1.82, 2.24) is 5.32 Å². The molecule has 1 aromatic heterocycles. The summed E-state index contributed by atoms with van der Waals surface area (Å²) in [5.41, 5.74) is 0.887. The summed E-state index contributed by atoms with van der Waals surface area (Å²) in [5.74, 6) is -0.451. The summed E-state index contributed by atoms with van der Waals surface area (Å²) in [6.07, 6.45) is 3.89. The number of hydrogen-bond donors (Lipinski definition) is 2. The van der Waals surface area contributed by atoms with Gasteiger partial charge in [0.05, 0.1) is 18.8 Å². The summed E-state index contributed by atoms with van der Waals surface area (Å²) >= 11 is 0. The minimum atomic E-state index is -0.944. The van der Waals surface area contributed by atoms with Gasteiger partial charge in [0.2, 0.25) is 0 Å². The minimum Gasteiger partial charge on any atom is -0.478 e. The molecule has 21 heavy (non-hydrogen) atoms. The maximum absolute atomic E-state index is 11.5. The second-order valence-corrected chi connectivity index (χ2v) is 5.80. The number of ether oxygens (including phenoxy) is 1. The van der Waals surface area contributed by atoms with Crippen molar-refractivity contribution in [1.29, 1.82) is 0 Å². The molecule has 0 spiro atoms. The van der Waals surface area contributed by atoms with Gasteiger partial charge in [-0.25, -0.2) is 4.79 Å². The number of nitrogens with one attached hydrogen (secondary N) is 1. The van der Waals surface area contributed by atoms with Gasteiger partial charge in [0.1, 0.15) is 16.9 Å². The van der Waals surface area contributed by atoms with Crippen molar-refractivity contribution in [3.05, 3.63) is 35.6 Å². The molecular weight excluding hydrogens is 270 g/mol. The Labute approximate surface area is 121 Å². The molecule has 4 rings (SSSR count). The van der Waals surface area contributed by atoms with E-state index in [0.717, 1.165) is 19.3 Å². The molecule has 3 unspecified atom stereocenters. The van der Waals surface area contributed by atoms with Crippen LogP contribution in [-0.4, -0.2) is 29.3 Å². The highest BCUT2D eigenvalue weighted by atomic mass is 16.5. The Bertz CT molecular complexity index is 693. The summed E-state index contributed by atoms with van der Waals surface area (Å²) < 4.78 is 11.5. The molecule has 110 valence electrons. The van der Waals surface area contributed by atoms with Crippen LogP contribution in [0.4, 0.5) is 0 Å². The fraction of sp³-hybridized carbons (Fsp3) is 0.438. The molecule has 2 bridgehead atoms. The normalized spacial score (nSPS) is 27.5. The van der Waals surface area contributed by atoms with E-state index in [1.54, 1.807) is 12.1 Å². The molecule has 2 fully saturated rings. The molecule has 0 amide bonds. The summed E-state index contributed by atoms with van der Waals surface area (Å²) in [7, 11) is 0. The lowest BCUT2D eigenvalue weighted by molar-refractivity contribution is 0.0696. The Balaban J connectivity index is 1.58. The quantitative estimate of drug-likeness (QED) is 0.904. The van der Waals surface area contributed by atoms with E-state index in [1.807, 2.05) is 12.1 Å². The Hall–Kier alpha value is -1.85. The topological polar surface area (TPSA) is 71.7 Å². The van der Waals surface area contributed by atoms with Gasteiger partial charge in [0.15, 0.2) is 0 Å². The predicted molar refractivity (Wildman–Crippen MR) is 76.3 cm³/mol. The van der Waals surface area contributed by atoms with Crippen molar-refractivity contribution in [2.45, 2.75) is 44.1 Å². The highest BCUT2D eigenvalue weighted by Gasteiger charge is 2.40. The first-order chi connectivity index (χ1) is 10.2. The van der Waals surface area contributed by atoms with Crippen LogP contribution in [0.2, 0.25) is 0 Å². The zero-order valence-electron chi connectivity index (χ0n) is 11.5. The van der Waals surface area contributed by atoms with Crippen molar-refractivity contribution >= 4 is 16.9 Å². The zero-order valence-corrected chi connectivity index (χ0v) is 11.5. The van der Waals surface area contributed by atoms with Gasteiger partial charge in [-0.1, -0.05) is 18.2 Å². The standard InChI is InChI=1S/C16H17NO4/c18-16(19)15-10-3-1-2-4-12(10)21-14(15)8-17-11-7-9-5-6-13(11)20-9/h1-4,9,11,13,17H,5-8H2,(H,18,19). The molecule has 5 nitrogen and oxygen atoms in total. The molecule has 2 aliphatic heterocycles. The second-order valence-electron chi connectivity index (χ2n) is 5.80. The van der Waals surface area contributed by atoms with Gasteiger partial charge >= 0.3 is 5.97 Å². The van der Waals surface area contributed by atoms with Gasteiger partial charge < -0.3 is 19.6 Å². The maximum atomic E-state index is 11.5. The summed E-state index contributed by atoms with van der Waals surface area (Å²) in [4.78, 5) is 11.5. The van der Waals surface area contributed by atoms with E-state index in [-0.39, 0.29) is 11.7 Å². The number of furan rings is 1. The lowest BCUT2D eigenvalue weighted by atomic mass is 9.95. The first-order valence-electron chi connectivity index (χ1n) is 7.35. The molecule has 3 heterocycles. The molecule has 2 saturated heterocycles. The van der Waals surface area contributed by atoms with Crippen LogP contribution < -0.4 is 5.32 Å². The van der Waals surface area contributed by atoms with E-state index >= 15 is 0 Å². The number of carboxylic acids is 1. The van der Waals surface area contributed by atoms with E-state index in [1.165, 1.54) is 0 Å². The van der Waals surface area contributed by atoms with Crippen molar-refractivity contribution in [3.8, 4) is 0 Å². The number of fused-ring (bicyclic) bond motifs is 3. The number of aromatic carboxylic acids is 1.